The maximum absolute atomic E-state index is 5.86. The monoisotopic (exact) mass is 291 g/mol. The topological polar surface area (TPSA) is 50.5 Å². The zero-order valence-corrected chi connectivity index (χ0v) is 13.6. The molecule has 0 saturated carbocycles. The van der Waals surface area contributed by atoms with Crippen LogP contribution in [0.5, 0.6) is 0 Å². The predicted molar refractivity (Wildman–Crippen MR) is 87.1 cm³/mol. The normalized spacial score (nSPS) is 18.7. The van der Waals surface area contributed by atoms with Crippen LogP contribution < -0.4 is 11.3 Å². The van der Waals surface area contributed by atoms with Gasteiger partial charge in [-0.3, -0.25) is 16.2 Å². The van der Waals surface area contributed by atoms with E-state index >= 15 is 0 Å². The molecule has 1 aromatic rings. The molecule has 2 rings (SSSR count). The van der Waals surface area contributed by atoms with Crippen LogP contribution in [0.1, 0.15) is 31.9 Å². The van der Waals surface area contributed by atoms with Crippen molar-refractivity contribution in [1.82, 2.24) is 10.3 Å². The lowest BCUT2D eigenvalue weighted by molar-refractivity contribution is -0.0233. The molecule has 1 aromatic carbocycles. The van der Waals surface area contributed by atoms with Gasteiger partial charge in [-0.05, 0) is 37.8 Å². The first-order valence-corrected chi connectivity index (χ1v) is 7.94. The highest BCUT2D eigenvalue weighted by Gasteiger charge is 2.35. The molecular weight excluding hydrogens is 262 g/mol. The molecule has 0 aliphatic carbocycles. The fourth-order valence-electron chi connectivity index (χ4n) is 3.02. The van der Waals surface area contributed by atoms with Gasteiger partial charge >= 0.3 is 0 Å². The Labute approximate surface area is 128 Å². The number of morpholine rings is 1. The van der Waals surface area contributed by atoms with Gasteiger partial charge in [0.05, 0.1) is 13.2 Å². The number of hydrazine groups is 1. The summed E-state index contributed by atoms with van der Waals surface area (Å²) >= 11 is 0. The van der Waals surface area contributed by atoms with Gasteiger partial charge in [0, 0.05) is 24.7 Å². The molecule has 1 atom stereocenters. The van der Waals surface area contributed by atoms with Gasteiger partial charge in [-0.25, -0.2) is 0 Å². The van der Waals surface area contributed by atoms with E-state index in [1.807, 2.05) is 0 Å². The van der Waals surface area contributed by atoms with E-state index in [1.165, 1.54) is 11.1 Å². The molecule has 0 aromatic heterocycles. The molecule has 3 N–H and O–H groups in total. The Morgan fingerprint density at radius 3 is 2.29 bits per heavy atom. The van der Waals surface area contributed by atoms with Crippen molar-refractivity contribution in [3.05, 3.63) is 35.4 Å². The van der Waals surface area contributed by atoms with E-state index < -0.39 is 0 Å². The summed E-state index contributed by atoms with van der Waals surface area (Å²) in [5, 5.41) is 0. The number of rotatable bonds is 6. The first-order chi connectivity index (χ1) is 10.1. The van der Waals surface area contributed by atoms with Crippen molar-refractivity contribution in [3.63, 3.8) is 0 Å². The average Bonchev–Trinajstić information content (AvgIpc) is 2.53. The summed E-state index contributed by atoms with van der Waals surface area (Å²) < 4.78 is 5.46. The molecule has 0 radical (unpaired) electrons. The van der Waals surface area contributed by atoms with Crippen LogP contribution in [0.3, 0.4) is 0 Å². The summed E-state index contributed by atoms with van der Waals surface area (Å²) in [5.41, 5.74) is 5.74. The second kappa shape index (κ2) is 7.36. The Morgan fingerprint density at radius 2 is 1.76 bits per heavy atom. The third-order valence-electron chi connectivity index (χ3n) is 4.75. The molecule has 4 heteroatoms. The summed E-state index contributed by atoms with van der Waals surface area (Å²) in [6, 6.07) is 9.08. The summed E-state index contributed by atoms with van der Waals surface area (Å²) in [5.74, 6) is 5.86. The minimum Gasteiger partial charge on any atom is -0.379 e. The van der Waals surface area contributed by atoms with Crippen LogP contribution in [0.25, 0.3) is 0 Å². The van der Waals surface area contributed by atoms with E-state index in [-0.39, 0.29) is 11.6 Å². The molecule has 1 saturated heterocycles. The first kappa shape index (κ1) is 16.4. The minimum atomic E-state index is 0.00194. The predicted octanol–water partition coefficient (Wildman–Crippen LogP) is 1.73. The van der Waals surface area contributed by atoms with Crippen molar-refractivity contribution in [2.45, 2.75) is 45.2 Å². The first-order valence-electron chi connectivity index (χ1n) is 7.94. The summed E-state index contributed by atoms with van der Waals surface area (Å²) in [6.07, 6.45) is 2.02. The number of hydrogen-bond donors (Lipinski definition) is 2. The van der Waals surface area contributed by atoms with Crippen molar-refractivity contribution >= 4 is 0 Å². The van der Waals surface area contributed by atoms with Crippen LogP contribution in [0.15, 0.2) is 24.3 Å². The van der Waals surface area contributed by atoms with Gasteiger partial charge in [0.2, 0.25) is 0 Å². The minimum absolute atomic E-state index is 0.00194. The molecule has 1 unspecified atom stereocenters. The van der Waals surface area contributed by atoms with Gasteiger partial charge in [0.25, 0.3) is 0 Å². The van der Waals surface area contributed by atoms with E-state index in [9.17, 15) is 0 Å². The third kappa shape index (κ3) is 4.04. The lowest BCUT2D eigenvalue weighted by Crippen LogP contribution is -2.62. The Balaban J connectivity index is 2.06. The number of hydrogen-bond acceptors (Lipinski definition) is 4. The number of nitrogens with zero attached hydrogens (tertiary/aromatic N) is 1. The largest absolute Gasteiger partial charge is 0.379 e. The van der Waals surface area contributed by atoms with Crippen LogP contribution in [0.2, 0.25) is 0 Å². The summed E-state index contributed by atoms with van der Waals surface area (Å²) in [7, 11) is 0. The quantitative estimate of drug-likeness (QED) is 0.619. The second-order valence-electron chi connectivity index (χ2n) is 6.35. The molecule has 0 amide bonds. The van der Waals surface area contributed by atoms with E-state index in [1.54, 1.807) is 0 Å². The van der Waals surface area contributed by atoms with Crippen LogP contribution in [-0.2, 0) is 17.6 Å². The Bertz CT molecular complexity index is 424. The molecule has 21 heavy (non-hydrogen) atoms. The van der Waals surface area contributed by atoms with E-state index in [0.29, 0.717) is 0 Å². The highest BCUT2D eigenvalue weighted by Crippen LogP contribution is 2.23. The van der Waals surface area contributed by atoms with Crippen molar-refractivity contribution < 1.29 is 4.74 Å². The highest BCUT2D eigenvalue weighted by molar-refractivity contribution is 5.23. The number of ether oxygens (including phenoxy) is 1. The number of nitrogens with one attached hydrogen (secondary N) is 1. The number of benzene rings is 1. The fourth-order valence-corrected chi connectivity index (χ4v) is 3.02. The zero-order chi connectivity index (χ0) is 15.3. The Kier molecular flexibility index (Phi) is 5.76. The maximum atomic E-state index is 5.86. The van der Waals surface area contributed by atoms with Crippen LogP contribution >= 0.6 is 0 Å². The van der Waals surface area contributed by atoms with Crippen LogP contribution in [0.4, 0.5) is 0 Å². The molecule has 1 heterocycles. The van der Waals surface area contributed by atoms with Crippen molar-refractivity contribution in [1.29, 1.82) is 0 Å². The van der Waals surface area contributed by atoms with Gasteiger partial charge < -0.3 is 4.74 Å². The van der Waals surface area contributed by atoms with Gasteiger partial charge in [-0.2, -0.15) is 0 Å². The Hall–Kier alpha value is -0.940. The van der Waals surface area contributed by atoms with Crippen LogP contribution in [-0.4, -0.2) is 42.8 Å². The summed E-state index contributed by atoms with van der Waals surface area (Å²) in [6.45, 7) is 10.3. The van der Waals surface area contributed by atoms with Crippen LogP contribution in [0, 0.1) is 0 Å². The van der Waals surface area contributed by atoms with Gasteiger partial charge in [0.15, 0.2) is 0 Å². The molecule has 1 aliphatic heterocycles. The summed E-state index contributed by atoms with van der Waals surface area (Å²) in [4.78, 5) is 2.47. The molecule has 0 bridgehead atoms. The van der Waals surface area contributed by atoms with Crippen molar-refractivity contribution in [2.75, 3.05) is 26.3 Å². The Morgan fingerprint density at radius 1 is 1.19 bits per heavy atom. The smallest absolute Gasteiger partial charge is 0.0594 e. The lowest BCUT2D eigenvalue weighted by Gasteiger charge is -2.45. The fraction of sp³-hybridized carbons (Fsp3) is 0.647. The van der Waals surface area contributed by atoms with E-state index in [2.05, 4.69) is 55.4 Å². The highest BCUT2D eigenvalue weighted by atomic mass is 16.5. The molecule has 118 valence electrons. The second-order valence-corrected chi connectivity index (χ2v) is 6.35. The zero-order valence-electron chi connectivity index (χ0n) is 13.6. The standard InChI is InChI=1S/C17H29N3O/c1-4-14-5-7-15(8-6-14)13-16(19-18)17(2,3)20-9-11-21-12-10-20/h5-8,16,19H,4,9-13,18H2,1-3H3. The molecule has 1 aliphatic rings. The van der Waals surface area contributed by atoms with Gasteiger partial charge in [-0.1, -0.05) is 31.2 Å². The molecule has 0 spiro atoms. The SMILES string of the molecule is CCc1ccc(CC(NN)C(C)(C)N2CCOCC2)cc1. The van der Waals surface area contributed by atoms with E-state index in [0.717, 1.165) is 39.1 Å². The molecule has 1 fully saturated rings. The number of aryl methyl sites for hydroxylation is 1. The van der Waals surface area contributed by atoms with Gasteiger partial charge in [-0.15, -0.1) is 0 Å². The molecular formula is C17H29N3O. The lowest BCUT2D eigenvalue weighted by atomic mass is 9.87. The van der Waals surface area contributed by atoms with Crippen molar-refractivity contribution in [3.8, 4) is 0 Å². The molecule has 4 nitrogen and oxygen atoms in total. The average molecular weight is 291 g/mol. The maximum Gasteiger partial charge on any atom is 0.0594 e. The van der Waals surface area contributed by atoms with Crippen molar-refractivity contribution in [2.24, 2.45) is 5.84 Å². The van der Waals surface area contributed by atoms with Gasteiger partial charge in [0.1, 0.15) is 0 Å². The number of nitrogens with two attached hydrogens (primary N) is 1. The van der Waals surface area contributed by atoms with E-state index in [4.69, 9.17) is 10.6 Å². The third-order valence-corrected chi connectivity index (χ3v) is 4.75.